The molecule has 0 spiro atoms. The lowest BCUT2D eigenvalue weighted by molar-refractivity contribution is 0.141. The van der Waals surface area contributed by atoms with Crippen LogP contribution in [0.15, 0.2) is 36.5 Å². The molecule has 29 heavy (non-hydrogen) atoms. The molecule has 148 valence electrons. The zero-order valence-corrected chi connectivity index (χ0v) is 17.4. The summed E-state index contributed by atoms with van der Waals surface area (Å²) < 4.78 is 1.13. The van der Waals surface area contributed by atoms with Gasteiger partial charge in [0.15, 0.2) is 16.5 Å². The molecule has 6 heteroatoms. The number of benzene rings is 1. The molecule has 2 saturated heterocycles. The minimum absolute atomic E-state index is 0.663. The third-order valence-corrected chi connectivity index (χ3v) is 7.26. The zero-order valence-electron chi connectivity index (χ0n) is 16.5. The molecule has 0 aliphatic carbocycles. The molecule has 2 fully saturated rings. The van der Waals surface area contributed by atoms with Crippen LogP contribution in [-0.2, 0) is 0 Å². The SMILES string of the molecule is [C-]#[N+]c1ccc(-c2cnc3nc(N4CCC(N5CCCCC5)CC4)sc3c2)cc1. The summed E-state index contributed by atoms with van der Waals surface area (Å²) in [5, 5.41) is 1.10. The molecule has 0 saturated carbocycles. The summed E-state index contributed by atoms with van der Waals surface area (Å²) in [6, 6.07) is 10.6. The van der Waals surface area contributed by atoms with E-state index in [9.17, 15) is 0 Å². The lowest BCUT2D eigenvalue weighted by Crippen LogP contribution is -2.46. The highest BCUT2D eigenvalue weighted by atomic mass is 32.1. The number of pyridine rings is 1. The summed E-state index contributed by atoms with van der Waals surface area (Å²) >= 11 is 1.75. The van der Waals surface area contributed by atoms with Crippen molar-refractivity contribution >= 4 is 32.5 Å². The van der Waals surface area contributed by atoms with Crippen LogP contribution in [0.3, 0.4) is 0 Å². The van der Waals surface area contributed by atoms with E-state index in [1.54, 1.807) is 11.3 Å². The topological polar surface area (TPSA) is 36.6 Å². The largest absolute Gasteiger partial charge is 0.348 e. The third kappa shape index (κ3) is 3.85. The van der Waals surface area contributed by atoms with E-state index in [0.717, 1.165) is 45.7 Å². The molecule has 3 aromatic rings. The van der Waals surface area contributed by atoms with Crippen molar-refractivity contribution in [1.29, 1.82) is 0 Å². The molecule has 0 atom stereocenters. The van der Waals surface area contributed by atoms with Crippen molar-refractivity contribution in [2.45, 2.75) is 38.1 Å². The first kappa shape index (κ1) is 18.5. The molecule has 0 radical (unpaired) electrons. The number of hydrogen-bond acceptors (Lipinski definition) is 5. The van der Waals surface area contributed by atoms with Crippen LogP contribution in [0.1, 0.15) is 32.1 Å². The van der Waals surface area contributed by atoms with Gasteiger partial charge in [-0.15, -0.1) is 0 Å². The van der Waals surface area contributed by atoms with Gasteiger partial charge in [0.25, 0.3) is 0 Å². The van der Waals surface area contributed by atoms with Gasteiger partial charge in [-0.25, -0.2) is 9.83 Å². The van der Waals surface area contributed by atoms with E-state index in [2.05, 4.69) is 25.7 Å². The maximum atomic E-state index is 7.10. The van der Waals surface area contributed by atoms with Crippen molar-refractivity contribution in [1.82, 2.24) is 14.9 Å². The van der Waals surface area contributed by atoms with Gasteiger partial charge in [0.1, 0.15) is 0 Å². The molecule has 0 bridgehead atoms. The van der Waals surface area contributed by atoms with E-state index < -0.39 is 0 Å². The lowest BCUT2D eigenvalue weighted by Gasteiger charge is -2.40. The second kappa shape index (κ2) is 8.10. The molecule has 0 N–H and O–H groups in total. The predicted molar refractivity (Wildman–Crippen MR) is 120 cm³/mol. The van der Waals surface area contributed by atoms with Crippen molar-refractivity contribution in [3.63, 3.8) is 0 Å². The minimum Gasteiger partial charge on any atom is -0.348 e. The summed E-state index contributed by atoms with van der Waals surface area (Å²) in [5.41, 5.74) is 3.66. The van der Waals surface area contributed by atoms with Crippen molar-refractivity contribution in [3.8, 4) is 11.1 Å². The maximum Gasteiger partial charge on any atom is 0.188 e. The number of aromatic nitrogens is 2. The zero-order chi connectivity index (χ0) is 19.6. The number of piperidine rings is 2. The molecule has 5 rings (SSSR count). The van der Waals surface area contributed by atoms with Gasteiger partial charge < -0.3 is 9.80 Å². The quantitative estimate of drug-likeness (QED) is 0.551. The average molecular weight is 404 g/mol. The van der Waals surface area contributed by atoms with E-state index in [-0.39, 0.29) is 0 Å². The van der Waals surface area contributed by atoms with E-state index in [0.29, 0.717) is 5.69 Å². The van der Waals surface area contributed by atoms with Gasteiger partial charge in [0, 0.05) is 30.9 Å². The second-order valence-electron chi connectivity index (χ2n) is 8.02. The molecule has 4 heterocycles. The Morgan fingerprint density at radius 1 is 0.966 bits per heavy atom. The van der Waals surface area contributed by atoms with Crippen molar-refractivity contribution in [2.75, 3.05) is 31.1 Å². The fourth-order valence-electron chi connectivity index (χ4n) is 4.54. The maximum absolute atomic E-state index is 7.10. The number of nitrogens with zero attached hydrogens (tertiary/aromatic N) is 5. The Hall–Kier alpha value is -2.49. The van der Waals surface area contributed by atoms with Crippen LogP contribution in [0.25, 0.3) is 26.3 Å². The number of rotatable bonds is 3. The fraction of sp³-hybridized carbons (Fsp3) is 0.435. The summed E-state index contributed by atoms with van der Waals surface area (Å²) in [7, 11) is 0. The molecule has 5 nitrogen and oxygen atoms in total. The van der Waals surface area contributed by atoms with Gasteiger partial charge in [-0.05, 0) is 50.4 Å². The van der Waals surface area contributed by atoms with E-state index in [1.807, 2.05) is 30.5 Å². The van der Waals surface area contributed by atoms with Gasteiger partial charge in [-0.1, -0.05) is 42.0 Å². The monoisotopic (exact) mass is 403 g/mol. The Kier molecular flexibility index (Phi) is 5.17. The highest BCUT2D eigenvalue weighted by Gasteiger charge is 2.26. The predicted octanol–water partition coefficient (Wildman–Crippen LogP) is 5.36. The Balaban J connectivity index is 1.30. The molecular formula is C23H25N5S. The number of hydrogen-bond donors (Lipinski definition) is 0. The molecular weight excluding hydrogens is 378 g/mol. The van der Waals surface area contributed by atoms with Gasteiger partial charge in [0.2, 0.25) is 0 Å². The summed E-state index contributed by atoms with van der Waals surface area (Å²) in [5.74, 6) is 0. The van der Waals surface area contributed by atoms with Gasteiger partial charge in [0.05, 0.1) is 11.3 Å². The molecule has 2 aliphatic rings. The van der Waals surface area contributed by atoms with Gasteiger partial charge >= 0.3 is 0 Å². The third-order valence-electron chi connectivity index (χ3n) is 6.21. The van der Waals surface area contributed by atoms with Crippen LogP contribution >= 0.6 is 11.3 Å². The molecule has 0 amide bonds. The standard InChI is InChI=1S/C23H25N5S/c1-24-19-7-5-17(6-8-19)18-15-21-22(25-16-18)26-23(29-21)28-13-9-20(10-14-28)27-11-3-2-4-12-27/h5-8,15-16,20H,2-4,9-14H2. The van der Waals surface area contributed by atoms with Crippen LogP contribution in [0.4, 0.5) is 10.8 Å². The van der Waals surface area contributed by atoms with Gasteiger partial charge in [-0.2, -0.15) is 4.98 Å². The Bertz CT molecular complexity index is 1020. The van der Waals surface area contributed by atoms with Crippen LogP contribution < -0.4 is 4.90 Å². The van der Waals surface area contributed by atoms with Crippen LogP contribution in [0.5, 0.6) is 0 Å². The van der Waals surface area contributed by atoms with Crippen molar-refractivity contribution in [3.05, 3.63) is 47.9 Å². The number of thiazole rings is 1. The van der Waals surface area contributed by atoms with Gasteiger partial charge in [-0.3, -0.25) is 0 Å². The summed E-state index contributed by atoms with van der Waals surface area (Å²) in [6.07, 6.45) is 8.50. The summed E-state index contributed by atoms with van der Waals surface area (Å²) in [6.45, 7) is 11.8. The lowest BCUT2D eigenvalue weighted by atomic mass is 10.0. The number of fused-ring (bicyclic) bond motifs is 1. The van der Waals surface area contributed by atoms with Crippen molar-refractivity contribution < 1.29 is 0 Å². The smallest absolute Gasteiger partial charge is 0.188 e. The highest BCUT2D eigenvalue weighted by Crippen LogP contribution is 2.33. The van der Waals surface area contributed by atoms with E-state index in [4.69, 9.17) is 11.6 Å². The van der Waals surface area contributed by atoms with E-state index in [1.165, 1.54) is 45.2 Å². The number of likely N-dealkylation sites (tertiary alicyclic amines) is 1. The van der Waals surface area contributed by atoms with Crippen LogP contribution in [0.2, 0.25) is 0 Å². The average Bonchev–Trinajstić information content (AvgIpc) is 3.23. The number of anilines is 1. The first-order valence-electron chi connectivity index (χ1n) is 10.5. The Morgan fingerprint density at radius 3 is 2.45 bits per heavy atom. The molecule has 2 aromatic heterocycles. The normalized spacial score (nSPS) is 18.8. The van der Waals surface area contributed by atoms with E-state index >= 15 is 0 Å². The molecule has 2 aliphatic heterocycles. The highest BCUT2D eigenvalue weighted by molar-refractivity contribution is 7.22. The minimum atomic E-state index is 0.663. The second-order valence-corrected chi connectivity index (χ2v) is 9.02. The Morgan fingerprint density at radius 2 is 1.72 bits per heavy atom. The summed E-state index contributed by atoms with van der Waals surface area (Å²) in [4.78, 5) is 18.0. The van der Waals surface area contributed by atoms with Crippen LogP contribution in [-0.4, -0.2) is 47.1 Å². The Labute approximate surface area is 175 Å². The molecule has 0 unspecified atom stereocenters. The molecule has 1 aromatic carbocycles. The first-order chi connectivity index (χ1) is 14.3. The fourth-order valence-corrected chi connectivity index (χ4v) is 5.55. The first-order valence-corrected chi connectivity index (χ1v) is 11.4. The van der Waals surface area contributed by atoms with Crippen LogP contribution in [0, 0.1) is 6.57 Å². The van der Waals surface area contributed by atoms with Crippen molar-refractivity contribution in [2.24, 2.45) is 0 Å².